The maximum atomic E-state index is 12.5. The van der Waals surface area contributed by atoms with Crippen molar-refractivity contribution in [2.24, 2.45) is 17.6 Å². The van der Waals surface area contributed by atoms with Gasteiger partial charge in [0.15, 0.2) is 0 Å². The number of nitrogens with two attached hydrogens (primary N) is 1. The number of hydrogen-bond acceptors (Lipinski definition) is 6. The van der Waals surface area contributed by atoms with Gasteiger partial charge < -0.3 is 15.8 Å². The topological polar surface area (TPSA) is 102 Å². The molecule has 144 valence electrons. The molecule has 1 fully saturated rings. The SMILES string of the molecule is CCOC(=O)c1c(NC(=O)CN2C[C@H](C)C[C@H](C)C2)sc(C(N)=O)c1C. The van der Waals surface area contributed by atoms with Crippen molar-refractivity contribution >= 4 is 34.1 Å². The summed E-state index contributed by atoms with van der Waals surface area (Å²) >= 11 is 1.01. The maximum absolute atomic E-state index is 12.5. The predicted octanol–water partition coefficient (Wildman–Crippen LogP) is 2.25. The van der Waals surface area contributed by atoms with Gasteiger partial charge in [-0.25, -0.2) is 4.79 Å². The second-order valence-electron chi connectivity index (χ2n) is 7.03. The van der Waals surface area contributed by atoms with Gasteiger partial charge in [0.1, 0.15) is 5.00 Å². The number of ether oxygens (including phenoxy) is 1. The van der Waals surface area contributed by atoms with Gasteiger partial charge in [-0.2, -0.15) is 0 Å². The Balaban J connectivity index is 2.16. The van der Waals surface area contributed by atoms with Gasteiger partial charge in [-0.05, 0) is 37.7 Å². The monoisotopic (exact) mass is 381 g/mol. The lowest BCUT2D eigenvalue weighted by Gasteiger charge is -2.34. The molecule has 2 amide bonds. The number of primary amides is 1. The van der Waals surface area contributed by atoms with Crippen LogP contribution in [-0.4, -0.2) is 48.9 Å². The average molecular weight is 381 g/mol. The van der Waals surface area contributed by atoms with Crippen LogP contribution in [0.3, 0.4) is 0 Å². The Morgan fingerprint density at radius 2 is 1.88 bits per heavy atom. The molecule has 2 heterocycles. The molecule has 8 heteroatoms. The van der Waals surface area contributed by atoms with Crippen LogP contribution in [0.5, 0.6) is 0 Å². The number of carbonyl (C=O) groups excluding carboxylic acids is 3. The number of nitrogens with zero attached hydrogens (tertiary/aromatic N) is 1. The minimum atomic E-state index is -0.628. The van der Waals surface area contributed by atoms with E-state index < -0.39 is 11.9 Å². The Morgan fingerprint density at radius 3 is 2.42 bits per heavy atom. The number of carbonyl (C=O) groups is 3. The minimum absolute atomic E-state index is 0.205. The second kappa shape index (κ2) is 8.64. The van der Waals surface area contributed by atoms with Crippen LogP contribution in [0.15, 0.2) is 0 Å². The van der Waals surface area contributed by atoms with Crippen LogP contribution < -0.4 is 11.1 Å². The number of piperidine rings is 1. The summed E-state index contributed by atoms with van der Waals surface area (Å²) in [5, 5.41) is 3.09. The zero-order chi connectivity index (χ0) is 19.4. The molecule has 0 bridgehead atoms. The van der Waals surface area contributed by atoms with E-state index in [1.165, 1.54) is 0 Å². The number of rotatable bonds is 6. The average Bonchev–Trinajstić information content (AvgIpc) is 2.82. The maximum Gasteiger partial charge on any atom is 0.341 e. The second-order valence-corrected chi connectivity index (χ2v) is 8.05. The Hall–Kier alpha value is -1.93. The zero-order valence-electron chi connectivity index (χ0n) is 15.8. The number of thiophene rings is 1. The highest BCUT2D eigenvalue weighted by molar-refractivity contribution is 7.18. The van der Waals surface area contributed by atoms with E-state index in [4.69, 9.17) is 10.5 Å². The third-order valence-corrected chi connectivity index (χ3v) is 5.64. The van der Waals surface area contributed by atoms with Crippen molar-refractivity contribution in [1.82, 2.24) is 4.90 Å². The van der Waals surface area contributed by atoms with Gasteiger partial charge in [-0.15, -0.1) is 11.3 Å². The molecule has 0 unspecified atom stereocenters. The summed E-state index contributed by atoms with van der Waals surface area (Å²) in [6.45, 7) is 9.90. The van der Waals surface area contributed by atoms with Crippen LogP contribution in [0.1, 0.15) is 52.8 Å². The first kappa shape index (κ1) is 20.4. The molecule has 0 aromatic carbocycles. The molecule has 1 aliphatic rings. The van der Waals surface area contributed by atoms with Crippen LogP contribution >= 0.6 is 11.3 Å². The molecule has 1 aromatic heterocycles. The van der Waals surface area contributed by atoms with E-state index in [0.717, 1.165) is 30.8 Å². The smallest absolute Gasteiger partial charge is 0.341 e. The molecule has 1 aliphatic heterocycles. The molecule has 2 rings (SSSR count). The molecule has 1 aromatic rings. The van der Waals surface area contributed by atoms with Crippen molar-refractivity contribution in [3.63, 3.8) is 0 Å². The van der Waals surface area contributed by atoms with E-state index in [1.807, 2.05) is 0 Å². The Kier molecular flexibility index (Phi) is 6.77. The molecule has 0 spiro atoms. The summed E-state index contributed by atoms with van der Waals surface area (Å²) < 4.78 is 5.06. The number of esters is 1. The fourth-order valence-corrected chi connectivity index (χ4v) is 4.64. The quantitative estimate of drug-likeness (QED) is 0.736. The molecule has 0 aliphatic carbocycles. The number of anilines is 1. The van der Waals surface area contributed by atoms with E-state index in [1.54, 1.807) is 13.8 Å². The summed E-state index contributed by atoms with van der Waals surface area (Å²) in [6, 6.07) is 0. The lowest BCUT2D eigenvalue weighted by Crippen LogP contribution is -2.42. The van der Waals surface area contributed by atoms with Gasteiger partial charge in [0.2, 0.25) is 5.91 Å². The van der Waals surface area contributed by atoms with E-state index in [0.29, 0.717) is 22.4 Å². The van der Waals surface area contributed by atoms with Gasteiger partial charge >= 0.3 is 5.97 Å². The van der Waals surface area contributed by atoms with Crippen molar-refractivity contribution in [3.05, 3.63) is 16.0 Å². The largest absolute Gasteiger partial charge is 0.462 e. The highest BCUT2D eigenvalue weighted by Gasteiger charge is 2.27. The number of hydrogen-bond donors (Lipinski definition) is 2. The first-order chi connectivity index (χ1) is 12.2. The number of amides is 2. The summed E-state index contributed by atoms with van der Waals surface area (Å²) in [4.78, 5) is 38.7. The summed E-state index contributed by atoms with van der Waals surface area (Å²) in [7, 11) is 0. The van der Waals surface area contributed by atoms with Crippen molar-refractivity contribution < 1.29 is 19.1 Å². The lowest BCUT2D eigenvalue weighted by molar-refractivity contribution is -0.117. The van der Waals surface area contributed by atoms with Crippen LogP contribution in [0.25, 0.3) is 0 Å². The third kappa shape index (κ3) is 4.82. The molecule has 1 saturated heterocycles. The van der Waals surface area contributed by atoms with Gasteiger partial charge in [0.25, 0.3) is 5.91 Å². The van der Waals surface area contributed by atoms with Crippen LogP contribution in [0.4, 0.5) is 5.00 Å². The fraction of sp³-hybridized carbons (Fsp3) is 0.611. The van der Waals surface area contributed by atoms with E-state index in [-0.39, 0.29) is 29.5 Å². The molecule has 0 radical (unpaired) electrons. The van der Waals surface area contributed by atoms with Crippen molar-refractivity contribution in [3.8, 4) is 0 Å². The molecular weight excluding hydrogens is 354 g/mol. The summed E-state index contributed by atoms with van der Waals surface area (Å²) in [6.07, 6.45) is 1.16. The van der Waals surface area contributed by atoms with Gasteiger partial charge in [0, 0.05) is 13.1 Å². The Labute approximate surface area is 157 Å². The first-order valence-corrected chi connectivity index (χ1v) is 9.67. The molecule has 2 atom stereocenters. The molecular formula is C18H27N3O4S. The third-order valence-electron chi connectivity index (χ3n) is 4.41. The van der Waals surface area contributed by atoms with Gasteiger partial charge in [-0.3, -0.25) is 14.5 Å². The number of nitrogens with one attached hydrogen (secondary N) is 1. The number of likely N-dealkylation sites (tertiary alicyclic amines) is 1. The van der Waals surface area contributed by atoms with Gasteiger partial charge in [0.05, 0.1) is 23.6 Å². The highest BCUT2D eigenvalue weighted by Crippen LogP contribution is 2.33. The van der Waals surface area contributed by atoms with Crippen molar-refractivity contribution in [2.75, 3.05) is 31.6 Å². The lowest BCUT2D eigenvalue weighted by atomic mass is 9.92. The van der Waals surface area contributed by atoms with Crippen LogP contribution in [0.2, 0.25) is 0 Å². The summed E-state index contributed by atoms with van der Waals surface area (Å²) in [5.74, 6) is -0.310. The highest BCUT2D eigenvalue weighted by atomic mass is 32.1. The van der Waals surface area contributed by atoms with Crippen molar-refractivity contribution in [1.29, 1.82) is 0 Å². The molecule has 3 N–H and O–H groups in total. The van der Waals surface area contributed by atoms with E-state index in [9.17, 15) is 14.4 Å². The molecule has 0 saturated carbocycles. The normalized spacial score (nSPS) is 20.6. The van der Waals surface area contributed by atoms with Gasteiger partial charge in [-0.1, -0.05) is 13.8 Å². The van der Waals surface area contributed by atoms with E-state index in [2.05, 4.69) is 24.1 Å². The zero-order valence-corrected chi connectivity index (χ0v) is 16.6. The summed E-state index contributed by atoms with van der Waals surface area (Å²) in [5.41, 5.74) is 6.03. The van der Waals surface area contributed by atoms with Crippen LogP contribution in [0, 0.1) is 18.8 Å². The predicted molar refractivity (Wildman–Crippen MR) is 102 cm³/mol. The molecule has 26 heavy (non-hydrogen) atoms. The minimum Gasteiger partial charge on any atom is -0.462 e. The standard InChI is InChI=1S/C18H27N3O4S/c1-5-25-18(24)14-12(4)15(16(19)23)26-17(14)20-13(22)9-21-7-10(2)6-11(3)8-21/h10-11H,5-9H2,1-4H3,(H2,19,23)(H,20,22)/t10-,11+. The Morgan fingerprint density at radius 1 is 1.27 bits per heavy atom. The van der Waals surface area contributed by atoms with Crippen molar-refractivity contribution in [2.45, 2.75) is 34.1 Å². The first-order valence-electron chi connectivity index (χ1n) is 8.85. The van der Waals surface area contributed by atoms with E-state index >= 15 is 0 Å². The fourth-order valence-electron chi connectivity index (χ4n) is 3.58. The van der Waals surface area contributed by atoms with Crippen LogP contribution in [-0.2, 0) is 9.53 Å². The molecule has 7 nitrogen and oxygen atoms in total. The Bertz CT molecular complexity index is 691.